The van der Waals surface area contributed by atoms with Gasteiger partial charge in [-0.2, -0.15) is 0 Å². The Kier molecular flexibility index (Phi) is 5.90. The Bertz CT molecular complexity index is 1590. The van der Waals surface area contributed by atoms with Crippen LogP contribution in [-0.4, -0.2) is 34.3 Å². The van der Waals surface area contributed by atoms with Crippen LogP contribution >= 0.6 is 11.6 Å². The molecule has 0 N–H and O–H groups in total. The number of fused-ring (bicyclic) bond motifs is 1. The van der Waals surface area contributed by atoms with Gasteiger partial charge in [0.2, 0.25) is 0 Å². The summed E-state index contributed by atoms with van der Waals surface area (Å²) in [5, 5.41) is 0.414. The second-order valence-electron chi connectivity index (χ2n) is 8.33. The van der Waals surface area contributed by atoms with Crippen molar-refractivity contribution in [2.24, 2.45) is 0 Å². The molecule has 0 amide bonds. The molecule has 2 aromatic heterocycles. The summed E-state index contributed by atoms with van der Waals surface area (Å²) < 4.78 is 12.9. The highest BCUT2D eigenvalue weighted by atomic mass is 35.5. The predicted molar refractivity (Wildman–Crippen MR) is 132 cm³/mol. The van der Waals surface area contributed by atoms with Gasteiger partial charge in [-0.25, -0.2) is 19.1 Å². The van der Waals surface area contributed by atoms with Crippen LogP contribution in [0, 0.1) is 0 Å². The number of para-hydroxylation sites is 2. The number of methoxy groups -OCH3 is 2. The molecule has 8 nitrogen and oxygen atoms in total. The van der Waals surface area contributed by atoms with Gasteiger partial charge in [-0.15, -0.1) is 0 Å². The first kappa shape index (κ1) is 22.9. The fraction of sp³-hybridized carbons (Fsp3) is 0.231. The molecule has 2 heterocycles. The molecule has 4 aromatic rings. The lowest BCUT2D eigenvalue weighted by molar-refractivity contribution is 0.0602. The van der Waals surface area contributed by atoms with E-state index < -0.39 is 17.2 Å². The maximum Gasteiger partial charge on any atom is 0.338 e. The van der Waals surface area contributed by atoms with Crippen molar-refractivity contribution in [2.75, 3.05) is 14.2 Å². The molecule has 0 spiro atoms. The quantitative estimate of drug-likeness (QED) is 0.379. The number of ether oxygens (including phenoxy) is 2. The number of hydrogen-bond donors (Lipinski definition) is 0. The second-order valence-corrected chi connectivity index (χ2v) is 8.74. The molecule has 0 atom stereocenters. The summed E-state index contributed by atoms with van der Waals surface area (Å²) in [4.78, 5) is 45.2. The van der Waals surface area contributed by atoms with Crippen LogP contribution in [0.15, 0.2) is 64.2 Å². The van der Waals surface area contributed by atoms with E-state index in [9.17, 15) is 14.4 Å². The summed E-state index contributed by atoms with van der Waals surface area (Å²) in [5.41, 5.74) is 0.514. The maximum absolute atomic E-state index is 13.9. The van der Waals surface area contributed by atoms with Gasteiger partial charge in [0.05, 0.1) is 37.4 Å². The molecule has 35 heavy (non-hydrogen) atoms. The van der Waals surface area contributed by atoms with Crippen molar-refractivity contribution in [3.05, 3.63) is 97.3 Å². The van der Waals surface area contributed by atoms with E-state index in [1.54, 1.807) is 54.6 Å². The molecular weight excluding hydrogens is 470 g/mol. The van der Waals surface area contributed by atoms with E-state index in [1.807, 2.05) is 0 Å². The SMILES string of the molecule is COC(=O)c1cc(C2CC2)nc2c1c(=O)n(Cc1ccccc1Cl)c(=O)n2-c1ccccc1OC. The molecule has 1 saturated carbocycles. The first-order valence-corrected chi connectivity index (χ1v) is 11.5. The standard InChI is InChI=1S/C26H22ClN3O5/c1-34-21-10-6-5-9-20(21)30-23-22(17(25(32)35-2)13-19(28-23)15-11-12-15)24(31)29(26(30)33)14-16-7-3-4-8-18(16)27/h3-10,13,15H,11-12,14H2,1-2H3. The first-order chi connectivity index (χ1) is 16.9. The van der Waals surface area contributed by atoms with Gasteiger partial charge in [0, 0.05) is 16.6 Å². The number of halogens is 1. The minimum Gasteiger partial charge on any atom is -0.495 e. The van der Waals surface area contributed by atoms with Gasteiger partial charge in [-0.05, 0) is 42.7 Å². The first-order valence-electron chi connectivity index (χ1n) is 11.1. The molecule has 0 saturated heterocycles. The molecule has 1 aliphatic carbocycles. The number of benzene rings is 2. The van der Waals surface area contributed by atoms with Crippen LogP contribution in [0.4, 0.5) is 0 Å². The molecule has 0 aliphatic heterocycles. The smallest absolute Gasteiger partial charge is 0.338 e. The van der Waals surface area contributed by atoms with Crippen LogP contribution in [-0.2, 0) is 11.3 Å². The van der Waals surface area contributed by atoms with Crippen molar-refractivity contribution in [3.63, 3.8) is 0 Å². The van der Waals surface area contributed by atoms with Crippen LogP contribution in [0.2, 0.25) is 5.02 Å². The van der Waals surface area contributed by atoms with Crippen molar-refractivity contribution in [1.29, 1.82) is 0 Å². The highest BCUT2D eigenvalue weighted by Gasteiger charge is 2.30. The van der Waals surface area contributed by atoms with Gasteiger partial charge in [-0.1, -0.05) is 41.9 Å². The van der Waals surface area contributed by atoms with Crippen molar-refractivity contribution in [1.82, 2.24) is 14.1 Å². The Balaban J connectivity index is 1.93. The van der Waals surface area contributed by atoms with Gasteiger partial charge in [-0.3, -0.25) is 9.36 Å². The Labute approximate surface area is 205 Å². The summed E-state index contributed by atoms with van der Waals surface area (Å²) in [6.45, 7) is -0.0899. The van der Waals surface area contributed by atoms with E-state index in [2.05, 4.69) is 0 Å². The van der Waals surface area contributed by atoms with E-state index >= 15 is 0 Å². The highest BCUT2D eigenvalue weighted by molar-refractivity contribution is 6.31. The normalized spacial score (nSPS) is 13.1. The minimum absolute atomic E-state index is 0.00110. The van der Waals surface area contributed by atoms with E-state index in [-0.39, 0.29) is 29.1 Å². The average molecular weight is 492 g/mol. The summed E-state index contributed by atoms with van der Waals surface area (Å²) in [7, 11) is 2.75. The number of pyridine rings is 1. The second kappa shape index (κ2) is 9.03. The molecule has 178 valence electrons. The average Bonchev–Trinajstić information content (AvgIpc) is 3.72. The topological polar surface area (TPSA) is 92.4 Å². The minimum atomic E-state index is -0.675. The van der Waals surface area contributed by atoms with E-state index in [1.165, 1.54) is 18.8 Å². The molecule has 0 radical (unpaired) electrons. The number of carbonyl (C=O) groups excluding carboxylic acids is 1. The molecule has 0 unspecified atom stereocenters. The summed E-state index contributed by atoms with van der Waals surface area (Å²) in [5.74, 6) is -0.0995. The fourth-order valence-corrected chi connectivity index (χ4v) is 4.38. The third-order valence-electron chi connectivity index (χ3n) is 6.13. The number of rotatable bonds is 6. The van der Waals surface area contributed by atoms with Crippen LogP contribution in [0.3, 0.4) is 0 Å². The zero-order valence-corrected chi connectivity index (χ0v) is 19.9. The molecule has 9 heteroatoms. The molecule has 2 aromatic carbocycles. The van der Waals surface area contributed by atoms with Crippen LogP contribution < -0.4 is 16.0 Å². The van der Waals surface area contributed by atoms with Crippen LogP contribution in [0.5, 0.6) is 5.75 Å². The maximum atomic E-state index is 13.9. The van der Waals surface area contributed by atoms with Crippen molar-refractivity contribution >= 4 is 28.6 Å². The van der Waals surface area contributed by atoms with Gasteiger partial charge < -0.3 is 9.47 Å². The van der Waals surface area contributed by atoms with Crippen LogP contribution in [0.1, 0.15) is 40.4 Å². The Hall–Kier alpha value is -3.91. The third kappa shape index (κ3) is 4.00. The monoisotopic (exact) mass is 491 g/mol. The number of carbonyl (C=O) groups is 1. The zero-order valence-electron chi connectivity index (χ0n) is 19.2. The van der Waals surface area contributed by atoms with Crippen LogP contribution in [0.25, 0.3) is 16.7 Å². The number of hydrogen-bond acceptors (Lipinski definition) is 6. The van der Waals surface area contributed by atoms with Gasteiger partial charge >= 0.3 is 11.7 Å². The van der Waals surface area contributed by atoms with Gasteiger partial charge in [0.15, 0.2) is 5.65 Å². The Morgan fingerprint density at radius 1 is 1.09 bits per heavy atom. The van der Waals surface area contributed by atoms with E-state index in [0.717, 1.165) is 17.4 Å². The molecular formula is C26H22ClN3O5. The molecule has 1 aliphatic rings. The molecule has 0 bridgehead atoms. The Morgan fingerprint density at radius 2 is 1.80 bits per heavy atom. The predicted octanol–water partition coefficient (Wildman–Crippen LogP) is 3.92. The zero-order chi connectivity index (χ0) is 24.7. The summed E-state index contributed by atoms with van der Waals surface area (Å²) >= 11 is 6.34. The highest BCUT2D eigenvalue weighted by Crippen LogP contribution is 2.40. The molecule has 5 rings (SSSR count). The van der Waals surface area contributed by atoms with E-state index in [4.69, 9.17) is 26.1 Å². The third-order valence-corrected chi connectivity index (χ3v) is 6.50. The van der Waals surface area contributed by atoms with Gasteiger partial charge in [0.1, 0.15) is 5.75 Å². The lowest BCUT2D eigenvalue weighted by Crippen LogP contribution is -2.41. The number of esters is 1. The Morgan fingerprint density at radius 3 is 2.49 bits per heavy atom. The summed E-state index contributed by atoms with van der Waals surface area (Å²) in [6.07, 6.45) is 1.84. The van der Waals surface area contributed by atoms with Gasteiger partial charge in [0.25, 0.3) is 5.56 Å². The van der Waals surface area contributed by atoms with Crippen molar-refractivity contribution in [3.8, 4) is 11.4 Å². The number of nitrogens with zero attached hydrogens (tertiary/aromatic N) is 3. The summed E-state index contributed by atoms with van der Waals surface area (Å²) in [6, 6.07) is 15.5. The molecule has 1 fully saturated rings. The lowest BCUT2D eigenvalue weighted by atomic mass is 10.1. The van der Waals surface area contributed by atoms with Crippen molar-refractivity contribution < 1.29 is 14.3 Å². The largest absolute Gasteiger partial charge is 0.495 e. The van der Waals surface area contributed by atoms with Crippen molar-refractivity contribution in [2.45, 2.75) is 25.3 Å². The van der Waals surface area contributed by atoms with E-state index in [0.29, 0.717) is 27.7 Å². The fourth-order valence-electron chi connectivity index (χ4n) is 4.18. The lowest BCUT2D eigenvalue weighted by Gasteiger charge is -2.18. The number of aromatic nitrogens is 3.